The number of furan rings is 1. The molecular weight excluding hydrogens is 613 g/mol. The molecule has 5 rings (SSSR count). The predicted molar refractivity (Wildman–Crippen MR) is 152 cm³/mol. The molecule has 0 saturated heterocycles. The van der Waals surface area contributed by atoms with E-state index in [1.807, 2.05) is 0 Å². The van der Waals surface area contributed by atoms with E-state index < -0.39 is 11.5 Å². The van der Waals surface area contributed by atoms with Gasteiger partial charge in [-0.15, -0.1) is 0 Å². The number of hydrogen-bond acceptors (Lipinski definition) is 8. The number of esters is 1. The van der Waals surface area contributed by atoms with Gasteiger partial charge < -0.3 is 18.6 Å². The molecule has 0 fully saturated rings. The van der Waals surface area contributed by atoms with Gasteiger partial charge in [0.25, 0.3) is 5.56 Å². The molecule has 2 aromatic heterocycles. The van der Waals surface area contributed by atoms with E-state index in [0.717, 1.165) is 10.1 Å². The lowest BCUT2D eigenvalue weighted by atomic mass is 10.2. The van der Waals surface area contributed by atoms with Gasteiger partial charge in [-0.25, -0.2) is 9.78 Å². The zero-order valence-electron chi connectivity index (χ0n) is 20.4. The number of hydrogen-bond donors (Lipinski definition) is 0. The molecule has 0 aliphatic rings. The summed E-state index contributed by atoms with van der Waals surface area (Å²) in [6.45, 7) is -0.364. The number of para-hydroxylation sites is 1. The minimum absolute atomic E-state index is 0.137. The van der Waals surface area contributed by atoms with Gasteiger partial charge in [0.05, 0.1) is 31.3 Å². The van der Waals surface area contributed by atoms with Crippen LogP contribution in [0.1, 0.15) is 5.56 Å². The Bertz CT molecular complexity index is 1830. The van der Waals surface area contributed by atoms with E-state index in [-0.39, 0.29) is 29.0 Å². The topological polar surface area (TPSA) is 105 Å². The van der Waals surface area contributed by atoms with Crippen LogP contribution in [0.15, 0.2) is 73.4 Å². The van der Waals surface area contributed by atoms with Gasteiger partial charge in [-0.05, 0) is 58.4 Å². The quantitative estimate of drug-likeness (QED) is 0.153. The normalized spacial score (nSPS) is 11.4. The second-order valence-corrected chi connectivity index (χ2v) is 9.70. The van der Waals surface area contributed by atoms with Crippen LogP contribution >= 0.6 is 39.1 Å². The van der Waals surface area contributed by atoms with Crippen molar-refractivity contribution in [1.82, 2.24) is 9.66 Å². The third-order valence-corrected chi connectivity index (χ3v) is 7.38. The van der Waals surface area contributed by atoms with Crippen molar-refractivity contribution in [3.8, 4) is 23.1 Å². The maximum Gasteiger partial charge on any atom is 0.343 e. The number of aromatic nitrogens is 2. The summed E-state index contributed by atoms with van der Waals surface area (Å²) in [5.74, 6) is 0.313. The first-order chi connectivity index (χ1) is 18.8. The third kappa shape index (κ3) is 5.23. The highest BCUT2D eigenvalue weighted by Crippen LogP contribution is 2.42. The van der Waals surface area contributed by atoms with E-state index in [1.165, 1.54) is 20.4 Å². The Morgan fingerprint density at radius 1 is 1.15 bits per heavy atom. The van der Waals surface area contributed by atoms with Crippen LogP contribution in [0, 0.1) is 0 Å². The molecule has 3 aromatic carbocycles. The number of fused-ring (bicyclic) bond motifs is 2. The van der Waals surface area contributed by atoms with Crippen LogP contribution in [0.5, 0.6) is 11.5 Å². The van der Waals surface area contributed by atoms with Crippen LogP contribution in [0.2, 0.25) is 10.0 Å². The van der Waals surface area contributed by atoms with Crippen molar-refractivity contribution < 1.29 is 23.4 Å². The molecule has 39 heavy (non-hydrogen) atoms. The van der Waals surface area contributed by atoms with Gasteiger partial charge in [-0.3, -0.25) is 4.79 Å². The SMILES string of the molecule is COC(=O)COc1c(OC)cc(C=Nn2c(-c3cc4cc(Cl)ccc4o3)nc3ccccc3c2=O)c(Br)c1Cl. The highest BCUT2D eigenvalue weighted by atomic mass is 79.9. The number of carbonyl (C=O) groups is 1. The molecule has 0 aliphatic carbocycles. The number of rotatable bonds is 7. The summed E-state index contributed by atoms with van der Waals surface area (Å²) >= 11 is 16.1. The van der Waals surface area contributed by atoms with E-state index in [4.69, 9.17) is 37.1 Å². The van der Waals surface area contributed by atoms with Crippen molar-refractivity contribution in [2.75, 3.05) is 20.8 Å². The van der Waals surface area contributed by atoms with Crippen LogP contribution in [0.3, 0.4) is 0 Å². The predicted octanol–water partition coefficient (Wildman–Crippen LogP) is 6.32. The summed E-state index contributed by atoms with van der Waals surface area (Å²) in [6.07, 6.45) is 1.42. The molecular formula is C27H18BrCl2N3O6. The molecule has 9 nitrogen and oxygen atoms in total. The highest BCUT2D eigenvalue weighted by molar-refractivity contribution is 9.10. The molecule has 0 bridgehead atoms. The summed E-state index contributed by atoms with van der Waals surface area (Å²) in [7, 11) is 2.67. The number of carbonyl (C=O) groups excluding carboxylic acids is 1. The Morgan fingerprint density at radius 2 is 1.95 bits per heavy atom. The van der Waals surface area contributed by atoms with Gasteiger partial charge in [0.15, 0.2) is 23.9 Å². The fourth-order valence-electron chi connectivity index (χ4n) is 3.81. The van der Waals surface area contributed by atoms with Crippen molar-refractivity contribution in [3.63, 3.8) is 0 Å². The molecule has 198 valence electrons. The molecule has 0 atom stereocenters. The van der Waals surface area contributed by atoms with Crippen LogP contribution in [-0.2, 0) is 9.53 Å². The van der Waals surface area contributed by atoms with E-state index in [0.29, 0.717) is 37.3 Å². The van der Waals surface area contributed by atoms with Crippen LogP contribution in [0.25, 0.3) is 33.5 Å². The van der Waals surface area contributed by atoms with Gasteiger partial charge >= 0.3 is 5.97 Å². The number of methoxy groups -OCH3 is 2. The lowest BCUT2D eigenvalue weighted by Gasteiger charge is -2.14. The van der Waals surface area contributed by atoms with Gasteiger partial charge in [0, 0.05) is 20.4 Å². The van der Waals surface area contributed by atoms with Crippen molar-refractivity contribution in [2.45, 2.75) is 0 Å². The Kier molecular flexibility index (Phi) is 7.60. The zero-order chi connectivity index (χ0) is 27.7. The Hall–Kier alpha value is -3.86. The number of nitrogens with zero attached hydrogens (tertiary/aromatic N) is 3. The van der Waals surface area contributed by atoms with Crippen LogP contribution < -0.4 is 15.0 Å². The van der Waals surface area contributed by atoms with E-state index >= 15 is 0 Å². The first-order valence-corrected chi connectivity index (χ1v) is 12.9. The first-order valence-electron chi connectivity index (χ1n) is 11.3. The van der Waals surface area contributed by atoms with Crippen molar-refractivity contribution in [3.05, 3.63) is 85.0 Å². The molecule has 12 heteroatoms. The van der Waals surface area contributed by atoms with Crippen LogP contribution in [-0.4, -0.2) is 42.7 Å². The van der Waals surface area contributed by atoms with E-state index in [9.17, 15) is 9.59 Å². The van der Waals surface area contributed by atoms with Gasteiger partial charge in [-0.2, -0.15) is 9.78 Å². The van der Waals surface area contributed by atoms with Gasteiger partial charge in [0.2, 0.25) is 5.82 Å². The summed E-state index contributed by atoms with van der Waals surface area (Å²) in [5, 5.41) is 6.26. The molecule has 0 radical (unpaired) electrons. The molecule has 0 spiro atoms. The fraction of sp³-hybridized carbons (Fsp3) is 0.111. The van der Waals surface area contributed by atoms with E-state index in [1.54, 1.807) is 54.6 Å². The molecule has 0 aliphatic heterocycles. The molecule has 0 saturated carbocycles. The van der Waals surface area contributed by atoms with Crippen molar-refractivity contribution in [2.24, 2.45) is 5.10 Å². The summed E-state index contributed by atoms with van der Waals surface area (Å²) in [5.41, 5.74) is 1.12. The molecule has 5 aromatic rings. The van der Waals surface area contributed by atoms with Gasteiger partial charge in [0.1, 0.15) is 10.6 Å². The maximum absolute atomic E-state index is 13.5. The fourth-order valence-corrected chi connectivity index (χ4v) is 4.64. The van der Waals surface area contributed by atoms with Crippen molar-refractivity contribution >= 4 is 73.2 Å². The minimum atomic E-state index is -0.585. The second-order valence-electron chi connectivity index (χ2n) is 8.10. The van der Waals surface area contributed by atoms with Crippen molar-refractivity contribution in [1.29, 1.82) is 0 Å². The molecule has 0 unspecified atom stereocenters. The average Bonchev–Trinajstić information content (AvgIpc) is 3.36. The lowest BCUT2D eigenvalue weighted by molar-refractivity contribution is -0.142. The Morgan fingerprint density at radius 3 is 2.72 bits per heavy atom. The summed E-state index contributed by atoms with van der Waals surface area (Å²) in [6, 6.07) is 15.5. The Labute approximate surface area is 239 Å². The summed E-state index contributed by atoms with van der Waals surface area (Å²) in [4.78, 5) is 29.7. The first kappa shape index (κ1) is 26.7. The third-order valence-electron chi connectivity index (χ3n) is 5.70. The average molecular weight is 631 g/mol. The Balaban J connectivity index is 1.64. The molecule has 2 heterocycles. The molecule has 0 amide bonds. The minimum Gasteiger partial charge on any atom is -0.493 e. The van der Waals surface area contributed by atoms with Gasteiger partial charge in [-0.1, -0.05) is 35.3 Å². The standard InChI is InChI=1S/C27H18BrCl2N3O6/c1-36-20-11-15(23(28)24(30)25(20)38-13-22(34)37-2)12-31-33-26(32-18-6-4-3-5-17(18)27(33)35)21-10-14-9-16(29)7-8-19(14)39-21/h3-12H,13H2,1-2H3. The lowest BCUT2D eigenvalue weighted by Crippen LogP contribution is -2.20. The maximum atomic E-state index is 13.5. The number of halogens is 3. The molecule has 0 N–H and O–H groups in total. The highest BCUT2D eigenvalue weighted by Gasteiger charge is 2.20. The summed E-state index contributed by atoms with van der Waals surface area (Å²) < 4.78 is 23.1. The largest absolute Gasteiger partial charge is 0.493 e. The smallest absolute Gasteiger partial charge is 0.343 e. The number of benzene rings is 3. The van der Waals surface area contributed by atoms with Crippen LogP contribution in [0.4, 0.5) is 0 Å². The zero-order valence-corrected chi connectivity index (χ0v) is 23.5. The van der Waals surface area contributed by atoms with E-state index in [2.05, 4.69) is 30.8 Å². The second kappa shape index (κ2) is 11.1. The monoisotopic (exact) mass is 629 g/mol. The number of ether oxygens (including phenoxy) is 3.